The molecule has 0 bridgehead atoms. The van der Waals surface area contributed by atoms with Gasteiger partial charge in [0.05, 0.1) is 0 Å². The monoisotopic (exact) mass is 634 g/mol. The zero-order valence-corrected chi connectivity index (χ0v) is 27.7. The quantitative estimate of drug-likeness (QED) is 0.133. The van der Waals surface area contributed by atoms with Gasteiger partial charge < -0.3 is 0 Å². The highest BCUT2D eigenvalue weighted by molar-refractivity contribution is 6.21. The van der Waals surface area contributed by atoms with Crippen LogP contribution in [0.2, 0.25) is 0 Å². The van der Waals surface area contributed by atoms with Crippen LogP contribution in [0.5, 0.6) is 0 Å². The maximum Gasteiger partial charge on any atom is 0.00622 e. The highest BCUT2D eigenvalue weighted by Crippen LogP contribution is 2.45. The van der Waals surface area contributed by atoms with Crippen molar-refractivity contribution in [3.8, 4) is 33.4 Å². The average Bonchev–Trinajstić information content (AvgIpc) is 3.19. The Morgan fingerprint density at radius 3 is 1.60 bits per heavy atom. The molecule has 0 heteroatoms. The molecule has 1 aliphatic carbocycles. The number of benzene rings is 9. The lowest BCUT2D eigenvalue weighted by atomic mass is 9.84. The minimum atomic E-state index is 0.361. The summed E-state index contributed by atoms with van der Waals surface area (Å²) in [6.07, 6.45) is 5.85. The summed E-state index contributed by atoms with van der Waals surface area (Å²) < 4.78 is 0. The fourth-order valence-electron chi connectivity index (χ4n) is 8.40. The lowest BCUT2D eigenvalue weighted by Gasteiger charge is -2.20. The Balaban J connectivity index is 1.13. The summed E-state index contributed by atoms with van der Waals surface area (Å²) in [6.45, 7) is 0. The average molecular weight is 635 g/mol. The van der Waals surface area contributed by atoms with E-state index in [9.17, 15) is 0 Å². The van der Waals surface area contributed by atoms with Gasteiger partial charge in [0.2, 0.25) is 0 Å². The highest BCUT2D eigenvalue weighted by atomic mass is 14.2. The van der Waals surface area contributed by atoms with E-state index in [1.807, 2.05) is 0 Å². The van der Waals surface area contributed by atoms with E-state index in [1.165, 1.54) is 92.5 Å². The van der Waals surface area contributed by atoms with Crippen molar-refractivity contribution in [2.75, 3.05) is 0 Å². The van der Waals surface area contributed by atoms with Crippen LogP contribution in [0.1, 0.15) is 17.9 Å². The first-order valence-corrected chi connectivity index (χ1v) is 17.6. The van der Waals surface area contributed by atoms with Crippen molar-refractivity contribution in [1.82, 2.24) is 0 Å². The van der Waals surface area contributed by atoms with Gasteiger partial charge in [-0.3, -0.25) is 0 Å². The molecule has 9 aromatic carbocycles. The molecular formula is C50H34. The summed E-state index contributed by atoms with van der Waals surface area (Å²) in [4.78, 5) is 0. The second-order valence-corrected chi connectivity index (χ2v) is 13.6. The summed E-state index contributed by atoms with van der Waals surface area (Å²) in [5, 5.41) is 12.9. The number of hydrogen-bond acceptors (Lipinski definition) is 0. The molecule has 0 saturated carbocycles. The Morgan fingerprint density at radius 2 is 0.900 bits per heavy atom. The van der Waals surface area contributed by atoms with Crippen molar-refractivity contribution in [2.45, 2.75) is 12.3 Å². The van der Waals surface area contributed by atoms with Gasteiger partial charge in [0, 0.05) is 5.92 Å². The minimum Gasteiger partial charge on any atom is -0.0758 e. The fraction of sp³-hybridized carbons (Fsp3) is 0.0400. The maximum absolute atomic E-state index is 2.44. The molecule has 234 valence electrons. The van der Waals surface area contributed by atoms with Crippen LogP contribution in [0, 0.1) is 0 Å². The van der Waals surface area contributed by atoms with Crippen LogP contribution in [0.4, 0.5) is 0 Å². The molecule has 1 aliphatic rings. The Labute approximate surface area is 291 Å². The van der Waals surface area contributed by atoms with Gasteiger partial charge in [-0.15, -0.1) is 0 Å². The molecule has 1 atom stereocenters. The van der Waals surface area contributed by atoms with Crippen molar-refractivity contribution in [3.63, 3.8) is 0 Å². The van der Waals surface area contributed by atoms with Crippen LogP contribution in [0.15, 0.2) is 176 Å². The van der Waals surface area contributed by atoms with E-state index in [0.29, 0.717) is 5.92 Å². The number of hydrogen-bond donors (Lipinski definition) is 0. The van der Waals surface area contributed by atoms with Crippen molar-refractivity contribution in [3.05, 3.63) is 192 Å². The summed E-state index contributed by atoms with van der Waals surface area (Å²) >= 11 is 0. The van der Waals surface area contributed by atoms with Crippen molar-refractivity contribution < 1.29 is 0 Å². The molecule has 0 fully saturated rings. The van der Waals surface area contributed by atoms with Gasteiger partial charge in [-0.1, -0.05) is 182 Å². The molecule has 0 radical (unpaired) electrons. The molecule has 0 amide bonds. The smallest absolute Gasteiger partial charge is 0.00622 e. The molecule has 0 aromatic heterocycles. The molecule has 50 heavy (non-hydrogen) atoms. The van der Waals surface area contributed by atoms with Crippen LogP contribution >= 0.6 is 0 Å². The van der Waals surface area contributed by atoms with Crippen molar-refractivity contribution in [2.24, 2.45) is 0 Å². The van der Waals surface area contributed by atoms with E-state index >= 15 is 0 Å². The zero-order valence-electron chi connectivity index (χ0n) is 27.7. The Kier molecular flexibility index (Phi) is 6.74. The van der Waals surface area contributed by atoms with E-state index in [-0.39, 0.29) is 0 Å². The van der Waals surface area contributed by atoms with E-state index in [4.69, 9.17) is 0 Å². The van der Waals surface area contributed by atoms with Crippen molar-refractivity contribution in [1.29, 1.82) is 0 Å². The third-order valence-electron chi connectivity index (χ3n) is 10.8. The summed E-state index contributed by atoms with van der Waals surface area (Å²) in [7, 11) is 0. The van der Waals surface area contributed by atoms with Crippen LogP contribution in [-0.4, -0.2) is 0 Å². The lowest BCUT2D eigenvalue weighted by molar-refractivity contribution is 0.921. The third-order valence-corrected chi connectivity index (χ3v) is 10.8. The maximum atomic E-state index is 2.44. The predicted octanol–water partition coefficient (Wildman–Crippen LogP) is 12.0. The van der Waals surface area contributed by atoms with Crippen LogP contribution < -0.4 is 10.4 Å². The van der Waals surface area contributed by atoms with E-state index < -0.39 is 0 Å². The Morgan fingerprint density at radius 1 is 0.360 bits per heavy atom. The van der Waals surface area contributed by atoms with Gasteiger partial charge in [0.25, 0.3) is 0 Å². The predicted molar refractivity (Wildman–Crippen MR) is 215 cm³/mol. The van der Waals surface area contributed by atoms with Gasteiger partial charge in [0.15, 0.2) is 0 Å². The van der Waals surface area contributed by atoms with Crippen molar-refractivity contribution >= 4 is 55.2 Å². The van der Waals surface area contributed by atoms with Crippen LogP contribution in [-0.2, 0) is 0 Å². The van der Waals surface area contributed by atoms with Gasteiger partial charge in [-0.2, -0.15) is 0 Å². The fourth-order valence-corrected chi connectivity index (χ4v) is 8.40. The lowest BCUT2D eigenvalue weighted by Crippen LogP contribution is -2.27. The first kappa shape index (κ1) is 28.7. The van der Waals surface area contributed by atoms with Gasteiger partial charge in [-0.05, 0) is 105 Å². The normalized spacial score (nSPS) is 14.0. The molecule has 0 saturated heterocycles. The molecule has 9 aromatic rings. The van der Waals surface area contributed by atoms with Gasteiger partial charge in [0.1, 0.15) is 0 Å². The summed E-state index contributed by atoms with van der Waals surface area (Å²) in [5.74, 6) is 0.361. The standard InChI is InChI=1S/C50H34/c1-2-13-36-30-38(29-24-33(36)12-1)37-15-11-16-40(31-37)50-46-22-9-7-20-44(46)49(45-21-8-10-23-47(45)50)35-27-25-34(26-28-35)48-32-39-14-3-4-17-41(39)42-18-5-6-19-43(42)48/h1-28,30-32,38H,29H2. The molecule has 0 nitrogen and oxygen atoms in total. The molecular weight excluding hydrogens is 601 g/mol. The molecule has 0 aliphatic heterocycles. The third kappa shape index (κ3) is 4.68. The minimum absolute atomic E-state index is 0.361. The topological polar surface area (TPSA) is 0 Å². The first-order valence-electron chi connectivity index (χ1n) is 17.6. The number of fused-ring (bicyclic) bond motifs is 6. The summed E-state index contributed by atoms with van der Waals surface area (Å²) in [6, 6.07) is 65.0. The second-order valence-electron chi connectivity index (χ2n) is 13.6. The SMILES string of the molecule is C1=c2ccccc2=CC(c2cccc(-c3c4ccccc4c(-c4ccc(-c5cc6ccccc6c6ccccc56)cc4)c4ccccc34)c2)C1. The van der Waals surface area contributed by atoms with Crippen LogP contribution in [0.3, 0.4) is 0 Å². The van der Waals surface area contributed by atoms with Gasteiger partial charge in [-0.25, -0.2) is 0 Å². The molecule has 0 N–H and O–H groups in total. The largest absolute Gasteiger partial charge is 0.0758 e. The van der Waals surface area contributed by atoms with E-state index in [0.717, 1.165) is 6.42 Å². The van der Waals surface area contributed by atoms with Crippen LogP contribution in [0.25, 0.3) is 88.6 Å². The summed E-state index contributed by atoms with van der Waals surface area (Å²) in [5.41, 5.74) is 8.97. The highest BCUT2D eigenvalue weighted by Gasteiger charge is 2.18. The molecule has 0 spiro atoms. The van der Waals surface area contributed by atoms with Gasteiger partial charge >= 0.3 is 0 Å². The first-order chi connectivity index (χ1) is 24.8. The molecule has 0 heterocycles. The molecule has 1 unspecified atom stereocenters. The Hall–Kier alpha value is -6.24. The van der Waals surface area contributed by atoms with E-state index in [1.54, 1.807) is 0 Å². The second kappa shape index (κ2) is 11.7. The molecule has 10 rings (SSSR count). The Bertz CT molecular complexity index is 2830. The number of rotatable bonds is 4. The zero-order chi connectivity index (χ0) is 33.0. The van der Waals surface area contributed by atoms with E-state index in [2.05, 4.69) is 188 Å².